The number of carbonyl (C=O) groups is 1. The van der Waals surface area contributed by atoms with E-state index in [1.165, 1.54) is 0 Å². The van der Waals surface area contributed by atoms with Crippen molar-refractivity contribution in [1.29, 1.82) is 0 Å². The Hall–Kier alpha value is -1.37. The second-order valence-electron chi connectivity index (χ2n) is 6.04. The summed E-state index contributed by atoms with van der Waals surface area (Å²) in [5, 5.41) is 4.78. The Bertz CT molecular complexity index is 608. The number of likely N-dealkylation sites (tertiary alicyclic amines) is 1. The van der Waals surface area contributed by atoms with Gasteiger partial charge in [0, 0.05) is 37.7 Å². The minimum atomic E-state index is -0.162. The average molecular weight is 340 g/mol. The van der Waals surface area contributed by atoms with E-state index in [0.717, 1.165) is 30.6 Å². The lowest BCUT2D eigenvalue weighted by atomic mass is 9.97. The number of nitrogens with zero attached hydrogens (tertiary/aromatic N) is 3. The molecule has 0 radical (unpaired) electrons. The summed E-state index contributed by atoms with van der Waals surface area (Å²) in [5.41, 5.74) is 1.60. The van der Waals surface area contributed by atoms with Crippen molar-refractivity contribution in [1.82, 2.24) is 14.7 Å². The molecule has 2 fully saturated rings. The molecule has 6 nitrogen and oxygen atoms in total. The summed E-state index contributed by atoms with van der Waals surface area (Å²) in [4.78, 5) is 14.3. The van der Waals surface area contributed by atoms with Gasteiger partial charge in [-0.2, -0.15) is 5.10 Å². The van der Waals surface area contributed by atoms with Crippen molar-refractivity contribution in [3.63, 3.8) is 0 Å². The second kappa shape index (κ2) is 7.03. The van der Waals surface area contributed by atoms with Gasteiger partial charge >= 0.3 is 0 Å². The van der Waals surface area contributed by atoms with Crippen LogP contribution in [-0.4, -0.2) is 53.2 Å². The number of hydrogen-bond donors (Lipinski definition) is 0. The van der Waals surface area contributed by atoms with Crippen LogP contribution in [0.5, 0.6) is 0 Å². The third-order valence-corrected chi connectivity index (χ3v) is 4.84. The topological polar surface area (TPSA) is 56.6 Å². The van der Waals surface area contributed by atoms with Crippen molar-refractivity contribution < 1.29 is 14.3 Å². The van der Waals surface area contributed by atoms with Crippen molar-refractivity contribution in [2.24, 2.45) is 13.0 Å². The molecule has 23 heavy (non-hydrogen) atoms. The predicted molar refractivity (Wildman–Crippen MR) is 87.0 cm³/mol. The summed E-state index contributed by atoms with van der Waals surface area (Å²) < 4.78 is 12.8. The van der Waals surface area contributed by atoms with E-state index in [1.807, 2.05) is 11.8 Å². The summed E-state index contributed by atoms with van der Waals surface area (Å²) >= 11 is 6.18. The van der Waals surface area contributed by atoms with Gasteiger partial charge in [0.2, 0.25) is 5.91 Å². The maximum atomic E-state index is 12.4. The molecule has 7 heteroatoms. The molecule has 1 amide bonds. The van der Waals surface area contributed by atoms with Crippen molar-refractivity contribution in [2.75, 3.05) is 26.3 Å². The number of hydrogen-bond acceptors (Lipinski definition) is 4. The van der Waals surface area contributed by atoms with Crippen LogP contribution in [0.2, 0.25) is 5.15 Å². The van der Waals surface area contributed by atoms with Crippen molar-refractivity contribution in [3.05, 3.63) is 22.5 Å². The molecule has 1 atom stereocenters. The van der Waals surface area contributed by atoms with Gasteiger partial charge in [-0.25, -0.2) is 0 Å². The van der Waals surface area contributed by atoms with Crippen LogP contribution in [0.25, 0.3) is 6.08 Å². The fraction of sp³-hybridized carbons (Fsp3) is 0.625. The van der Waals surface area contributed by atoms with Crippen molar-refractivity contribution >= 4 is 23.6 Å². The maximum Gasteiger partial charge on any atom is 0.246 e. The van der Waals surface area contributed by atoms with Crippen LogP contribution in [0.3, 0.4) is 0 Å². The van der Waals surface area contributed by atoms with Gasteiger partial charge in [0.05, 0.1) is 18.9 Å². The summed E-state index contributed by atoms with van der Waals surface area (Å²) in [6.45, 7) is 4.61. The van der Waals surface area contributed by atoms with Crippen LogP contribution in [-0.2, 0) is 21.3 Å². The Labute approximate surface area is 141 Å². The highest BCUT2D eigenvalue weighted by Crippen LogP contribution is 2.25. The molecule has 0 N–H and O–H groups in total. The molecule has 2 aliphatic rings. The first-order chi connectivity index (χ1) is 11.1. The van der Waals surface area contributed by atoms with E-state index in [1.54, 1.807) is 23.9 Å². The molecular weight excluding hydrogens is 318 g/mol. The number of piperidine rings is 1. The van der Waals surface area contributed by atoms with Gasteiger partial charge in [-0.3, -0.25) is 9.48 Å². The zero-order valence-corrected chi connectivity index (χ0v) is 14.3. The van der Waals surface area contributed by atoms with Crippen molar-refractivity contribution in [2.45, 2.75) is 26.1 Å². The molecule has 2 saturated heterocycles. The molecule has 1 aromatic heterocycles. The minimum Gasteiger partial charge on any atom is -0.350 e. The van der Waals surface area contributed by atoms with Crippen LogP contribution >= 0.6 is 11.6 Å². The highest BCUT2D eigenvalue weighted by molar-refractivity contribution is 6.31. The first-order valence-electron chi connectivity index (χ1n) is 7.95. The lowest BCUT2D eigenvalue weighted by Gasteiger charge is -2.34. The number of ether oxygens (including phenoxy) is 2. The number of amides is 1. The average Bonchev–Trinajstić information content (AvgIpc) is 3.16. The third kappa shape index (κ3) is 3.59. The predicted octanol–water partition coefficient (Wildman–Crippen LogP) is 2.01. The number of aryl methyl sites for hydroxylation is 2. The van der Waals surface area contributed by atoms with Crippen LogP contribution in [0.4, 0.5) is 0 Å². The Balaban J connectivity index is 1.64. The zero-order valence-electron chi connectivity index (χ0n) is 13.5. The summed E-state index contributed by atoms with van der Waals surface area (Å²) in [5.74, 6) is 0.249. The molecule has 1 aromatic rings. The molecule has 0 aromatic carbocycles. The first kappa shape index (κ1) is 16.5. The molecule has 1 unspecified atom stereocenters. The number of halogens is 1. The maximum absolute atomic E-state index is 12.4. The van der Waals surface area contributed by atoms with E-state index >= 15 is 0 Å². The normalized spacial score (nSPS) is 23.1. The number of carbonyl (C=O) groups excluding carboxylic acids is 1. The van der Waals surface area contributed by atoms with Gasteiger partial charge < -0.3 is 14.4 Å². The summed E-state index contributed by atoms with van der Waals surface area (Å²) in [7, 11) is 1.78. The highest BCUT2D eigenvalue weighted by atomic mass is 35.5. The molecule has 3 heterocycles. The summed E-state index contributed by atoms with van der Waals surface area (Å²) in [6.07, 6.45) is 5.17. The molecular formula is C16H22ClN3O3. The van der Waals surface area contributed by atoms with E-state index < -0.39 is 0 Å². The smallest absolute Gasteiger partial charge is 0.246 e. The molecule has 0 saturated carbocycles. The van der Waals surface area contributed by atoms with Crippen LogP contribution in [0, 0.1) is 12.8 Å². The van der Waals surface area contributed by atoms with E-state index in [2.05, 4.69) is 5.10 Å². The lowest BCUT2D eigenvalue weighted by molar-refractivity contribution is -0.134. The van der Waals surface area contributed by atoms with Crippen LogP contribution < -0.4 is 0 Å². The fourth-order valence-electron chi connectivity index (χ4n) is 3.18. The Morgan fingerprint density at radius 2 is 2.13 bits per heavy atom. The van der Waals surface area contributed by atoms with Gasteiger partial charge in [-0.1, -0.05) is 11.6 Å². The molecule has 3 rings (SSSR count). The standard InChI is InChI=1S/C16H22ClN3O3/c1-11-13(15(17)19(2)18-11)5-6-14(21)20-7-3-4-12(10-20)16-22-8-9-23-16/h5-6,12,16H,3-4,7-10H2,1-2H3/b6-5+. The number of rotatable bonds is 3. The van der Waals surface area contributed by atoms with Gasteiger partial charge in [-0.15, -0.1) is 0 Å². The molecule has 0 bridgehead atoms. The van der Waals surface area contributed by atoms with E-state index in [9.17, 15) is 4.79 Å². The monoisotopic (exact) mass is 339 g/mol. The van der Waals surface area contributed by atoms with Gasteiger partial charge in [0.1, 0.15) is 5.15 Å². The van der Waals surface area contributed by atoms with Crippen LogP contribution in [0.15, 0.2) is 6.08 Å². The third-order valence-electron chi connectivity index (χ3n) is 4.39. The molecule has 126 valence electrons. The van der Waals surface area contributed by atoms with E-state index in [0.29, 0.717) is 24.9 Å². The molecule has 0 aliphatic carbocycles. The Morgan fingerprint density at radius 1 is 1.39 bits per heavy atom. The van der Waals surface area contributed by atoms with E-state index in [4.69, 9.17) is 21.1 Å². The fourth-order valence-corrected chi connectivity index (χ4v) is 3.41. The van der Waals surface area contributed by atoms with Gasteiger partial charge in [0.15, 0.2) is 6.29 Å². The molecule has 0 spiro atoms. The number of aromatic nitrogens is 2. The van der Waals surface area contributed by atoms with E-state index in [-0.39, 0.29) is 18.1 Å². The zero-order chi connectivity index (χ0) is 16.4. The second-order valence-corrected chi connectivity index (χ2v) is 6.40. The Kier molecular flexibility index (Phi) is 5.04. The first-order valence-corrected chi connectivity index (χ1v) is 8.33. The molecule has 2 aliphatic heterocycles. The minimum absolute atomic E-state index is 0.00739. The quantitative estimate of drug-likeness (QED) is 0.790. The summed E-state index contributed by atoms with van der Waals surface area (Å²) in [6, 6.07) is 0. The lowest BCUT2D eigenvalue weighted by Crippen LogP contribution is -2.43. The SMILES string of the molecule is Cc1nn(C)c(Cl)c1/C=C/C(=O)N1CCCC(C2OCCO2)C1. The van der Waals surface area contributed by atoms with Gasteiger partial charge in [-0.05, 0) is 25.8 Å². The Morgan fingerprint density at radius 3 is 2.78 bits per heavy atom. The largest absolute Gasteiger partial charge is 0.350 e. The van der Waals surface area contributed by atoms with Gasteiger partial charge in [0.25, 0.3) is 0 Å². The van der Waals surface area contributed by atoms with Crippen molar-refractivity contribution in [3.8, 4) is 0 Å². The van der Waals surface area contributed by atoms with Crippen LogP contribution in [0.1, 0.15) is 24.1 Å². The highest BCUT2D eigenvalue weighted by Gasteiger charge is 2.32.